The first-order valence-corrected chi connectivity index (χ1v) is 5.72. The molecule has 2 rings (SSSR count). The molecular weight excluding hydrogens is 226 g/mol. The third-order valence-corrected chi connectivity index (χ3v) is 2.83. The Balaban J connectivity index is 2.34. The summed E-state index contributed by atoms with van der Waals surface area (Å²) in [6.45, 7) is 1.89. The summed E-state index contributed by atoms with van der Waals surface area (Å²) in [7, 11) is 1.69. The van der Waals surface area contributed by atoms with E-state index in [2.05, 4.69) is 0 Å². The van der Waals surface area contributed by atoms with Crippen LogP contribution in [-0.4, -0.2) is 18.1 Å². The van der Waals surface area contributed by atoms with E-state index in [0.717, 1.165) is 11.3 Å². The number of nitrogens with zero attached hydrogens (tertiary/aromatic N) is 1. The highest BCUT2D eigenvalue weighted by molar-refractivity contribution is 6.07. The number of para-hydroxylation sites is 1. The summed E-state index contributed by atoms with van der Waals surface area (Å²) < 4.78 is 0. The number of hydrogen-bond donors (Lipinski definition) is 1. The van der Waals surface area contributed by atoms with Gasteiger partial charge in [0.1, 0.15) is 5.75 Å². The van der Waals surface area contributed by atoms with E-state index in [1.807, 2.05) is 37.3 Å². The number of phenolic OH excluding ortho intramolecular Hbond substituents is 1. The van der Waals surface area contributed by atoms with Gasteiger partial charge in [-0.3, -0.25) is 4.79 Å². The lowest BCUT2D eigenvalue weighted by atomic mass is 10.1. The zero-order valence-electron chi connectivity index (χ0n) is 10.4. The largest absolute Gasteiger partial charge is 0.507 e. The van der Waals surface area contributed by atoms with Crippen molar-refractivity contribution in [3.8, 4) is 5.75 Å². The molecule has 1 amide bonds. The summed E-state index contributed by atoms with van der Waals surface area (Å²) in [4.78, 5) is 13.8. The lowest BCUT2D eigenvalue weighted by Crippen LogP contribution is -2.26. The molecule has 18 heavy (non-hydrogen) atoms. The average molecular weight is 241 g/mol. The Labute approximate surface area is 106 Å². The lowest BCUT2D eigenvalue weighted by Gasteiger charge is -2.18. The summed E-state index contributed by atoms with van der Waals surface area (Å²) in [6, 6.07) is 14.3. The Kier molecular flexibility index (Phi) is 3.33. The zero-order chi connectivity index (χ0) is 13.1. The Bertz CT molecular complexity index is 564. The van der Waals surface area contributed by atoms with Gasteiger partial charge in [-0.2, -0.15) is 0 Å². The molecule has 0 radical (unpaired) electrons. The number of benzene rings is 2. The molecule has 0 atom stereocenters. The molecule has 0 heterocycles. The number of amides is 1. The maximum Gasteiger partial charge on any atom is 0.261 e. The molecule has 3 heteroatoms. The van der Waals surface area contributed by atoms with Crippen molar-refractivity contribution in [2.24, 2.45) is 0 Å². The van der Waals surface area contributed by atoms with Crippen LogP contribution in [0.15, 0.2) is 48.5 Å². The first-order chi connectivity index (χ1) is 8.59. The van der Waals surface area contributed by atoms with Gasteiger partial charge in [-0.15, -0.1) is 0 Å². The molecule has 0 saturated carbocycles. The molecule has 0 fully saturated rings. The van der Waals surface area contributed by atoms with E-state index >= 15 is 0 Å². The van der Waals surface area contributed by atoms with E-state index in [9.17, 15) is 9.90 Å². The van der Waals surface area contributed by atoms with Gasteiger partial charge in [-0.1, -0.05) is 29.8 Å². The van der Waals surface area contributed by atoms with Crippen LogP contribution in [0.3, 0.4) is 0 Å². The van der Waals surface area contributed by atoms with E-state index in [1.165, 1.54) is 4.90 Å². The Hall–Kier alpha value is -2.29. The van der Waals surface area contributed by atoms with Gasteiger partial charge >= 0.3 is 0 Å². The van der Waals surface area contributed by atoms with Crippen molar-refractivity contribution in [1.82, 2.24) is 0 Å². The van der Waals surface area contributed by atoms with Crippen molar-refractivity contribution in [2.45, 2.75) is 6.92 Å². The molecular formula is C15H15NO2. The molecule has 0 saturated heterocycles. The summed E-state index contributed by atoms with van der Waals surface area (Å²) in [6.07, 6.45) is 0. The second kappa shape index (κ2) is 4.92. The molecule has 0 aliphatic heterocycles. The molecule has 1 N–H and O–H groups in total. The van der Waals surface area contributed by atoms with Crippen molar-refractivity contribution in [2.75, 3.05) is 11.9 Å². The lowest BCUT2D eigenvalue weighted by molar-refractivity contribution is 0.0990. The van der Waals surface area contributed by atoms with Crippen LogP contribution >= 0.6 is 0 Å². The monoisotopic (exact) mass is 241 g/mol. The Morgan fingerprint density at radius 1 is 1.11 bits per heavy atom. The van der Waals surface area contributed by atoms with Gasteiger partial charge in [0.15, 0.2) is 0 Å². The Morgan fingerprint density at radius 2 is 1.78 bits per heavy atom. The fraction of sp³-hybridized carbons (Fsp3) is 0.133. The maximum atomic E-state index is 12.3. The molecule has 0 aromatic heterocycles. The van der Waals surface area contributed by atoms with E-state index in [1.54, 1.807) is 25.2 Å². The van der Waals surface area contributed by atoms with Crippen LogP contribution in [-0.2, 0) is 0 Å². The summed E-state index contributed by atoms with van der Waals surface area (Å²) >= 11 is 0. The van der Waals surface area contributed by atoms with Crippen molar-refractivity contribution in [3.05, 3.63) is 59.7 Å². The molecule has 2 aromatic rings. The van der Waals surface area contributed by atoms with E-state index < -0.39 is 0 Å². The highest BCUT2D eigenvalue weighted by Gasteiger charge is 2.16. The third-order valence-electron chi connectivity index (χ3n) is 2.83. The standard InChI is InChI=1S/C15H15NO2/c1-11-8-9-14(17)13(10-11)15(18)16(2)12-6-4-3-5-7-12/h3-10,17H,1-2H3. The number of anilines is 1. The van der Waals surface area contributed by atoms with Crippen molar-refractivity contribution >= 4 is 11.6 Å². The predicted molar refractivity (Wildman–Crippen MR) is 72.0 cm³/mol. The number of phenols is 1. The molecule has 2 aromatic carbocycles. The Morgan fingerprint density at radius 3 is 2.44 bits per heavy atom. The minimum atomic E-state index is -0.220. The molecule has 0 aliphatic rings. The van der Waals surface area contributed by atoms with Gasteiger partial charge in [0.05, 0.1) is 5.56 Å². The van der Waals surface area contributed by atoms with Crippen LogP contribution in [0.25, 0.3) is 0 Å². The first kappa shape index (κ1) is 12.2. The number of carbonyl (C=O) groups excluding carboxylic acids is 1. The van der Waals surface area contributed by atoms with Gasteiger partial charge in [-0.05, 0) is 31.2 Å². The van der Waals surface area contributed by atoms with Crippen LogP contribution in [0.2, 0.25) is 0 Å². The molecule has 0 spiro atoms. The van der Waals surface area contributed by atoms with Gasteiger partial charge < -0.3 is 10.0 Å². The fourth-order valence-electron chi connectivity index (χ4n) is 1.77. The van der Waals surface area contributed by atoms with Gasteiger partial charge in [0, 0.05) is 12.7 Å². The molecule has 0 bridgehead atoms. The van der Waals surface area contributed by atoms with E-state index in [-0.39, 0.29) is 11.7 Å². The average Bonchev–Trinajstić information content (AvgIpc) is 2.41. The number of aryl methyl sites for hydroxylation is 1. The summed E-state index contributed by atoms with van der Waals surface area (Å²) in [5.41, 5.74) is 2.06. The number of rotatable bonds is 2. The predicted octanol–water partition coefficient (Wildman–Crippen LogP) is 2.98. The highest BCUT2D eigenvalue weighted by Crippen LogP contribution is 2.22. The molecule has 0 aliphatic carbocycles. The van der Waals surface area contributed by atoms with Crippen LogP contribution in [0, 0.1) is 6.92 Å². The SMILES string of the molecule is Cc1ccc(O)c(C(=O)N(C)c2ccccc2)c1. The summed E-state index contributed by atoms with van der Waals surface area (Å²) in [5.74, 6) is -0.212. The maximum absolute atomic E-state index is 12.3. The second-order valence-electron chi connectivity index (χ2n) is 4.22. The van der Waals surface area contributed by atoms with Crippen molar-refractivity contribution in [1.29, 1.82) is 0 Å². The molecule has 3 nitrogen and oxygen atoms in total. The third kappa shape index (κ3) is 2.35. The normalized spacial score (nSPS) is 10.1. The highest BCUT2D eigenvalue weighted by atomic mass is 16.3. The van der Waals surface area contributed by atoms with Crippen molar-refractivity contribution < 1.29 is 9.90 Å². The van der Waals surface area contributed by atoms with Crippen LogP contribution in [0.1, 0.15) is 15.9 Å². The van der Waals surface area contributed by atoms with Crippen molar-refractivity contribution in [3.63, 3.8) is 0 Å². The summed E-state index contributed by atoms with van der Waals surface area (Å²) in [5, 5.41) is 9.75. The minimum absolute atomic E-state index is 0.00776. The number of hydrogen-bond acceptors (Lipinski definition) is 2. The fourth-order valence-corrected chi connectivity index (χ4v) is 1.77. The number of aromatic hydroxyl groups is 1. The molecule has 92 valence electrons. The second-order valence-corrected chi connectivity index (χ2v) is 4.22. The zero-order valence-corrected chi connectivity index (χ0v) is 10.4. The van der Waals surface area contributed by atoms with Gasteiger partial charge in [-0.25, -0.2) is 0 Å². The van der Waals surface area contributed by atoms with E-state index in [0.29, 0.717) is 5.56 Å². The minimum Gasteiger partial charge on any atom is -0.507 e. The number of carbonyl (C=O) groups is 1. The van der Waals surface area contributed by atoms with Crippen LogP contribution in [0.4, 0.5) is 5.69 Å². The van der Waals surface area contributed by atoms with Crippen LogP contribution < -0.4 is 4.90 Å². The first-order valence-electron chi connectivity index (χ1n) is 5.72. The van der Waals surface area contributed by atoms with Gasteiger partial charge in [0.25, 0.3) is 5.91 Å². The smallest absolute Gasteiger partial charge is 0.261 e. The van der Waals surface area contributed by atoms with Crippen LogP contribution in [0.5, 0.6) is 5.75 Å². The molecule has 0 unspecified atom stereocenters. The van der Waals surface area contributed by atoms with Gasteiger partial charge in [0.2, 0.25) is 0 Å². The van der Waals surface area contributed by atoms with E-state index in [4.69, 9.17) is 0 Å². The topological polar surface area (TPSA) is 40.5 Å². The quantitative estimate of drug-likeness (QED) is 0.878.